The summed E-state index contributed by atoms with van der Waals surface area (Å²) in [4.78, 5) is 24.9. The van der Waals surface area contributed by atoms with Crippen molar-refractivity contribution in [2.24, 2.45) is 0 Å². The van der Waals surface area contributed by atoms with Crippen molar-refractivity contribution in [3.05, 3.63) is 48.8 Å². The lowest BCUT2D eigenvalue weighted by Gasteiger charge is -2.15. The van der Waals surface area contributed by atoms with Crippen molar-refractivity contribution < 1.29 is 9.59 Å². The molecular weight excluding hydrogens is 362 g/mol. The molecule has 1 heterocycles. The summed E-state index contributed by atoms with van der Waals surface area (Å²) in [7, 11) is 0. The number of nitrogens with one attached hydrogen (secondary N) is 2. The number of rotatable bonds is 8. The van der Waals surface area contributed by atoms with Gasteiger partial charge in [0.25, 0.3) is 5.91 Å². The largest absolute Gasteiger partial charge is 0.349 e. The van der Waals surface area contributed by atoms with Crippen molar-refractivity contribution in [3.63, 3.8) is 0 Å². The van der Waals surface area contributed by atoms with Gasteiger partial charge in [0.15, 0.2) is 5.16 Å². The topological polar surface area (TPSA) is 88.9 Å². The summed E-state index contributed by atoms with van der Waals surface area (Å²) in [5.74, 6) is -0.167. The van der Waals surface area contributed by atoms with Crippen molar-refractivity contribution in [3.8, 4) is 0 Å². The molecule has 2 aromatic rings. The van der Waals surface area contributed by atoms with Crippen LogP contribution in [-0.2, 0) is 11.3 Å². The van der Waals surface area contributed by atoms with Crippen LogP contribution in [0.3, 0.4) is 0 Å². The molecular formula is C19H23N5O2S. The Morgan fingerprint density at radius 1 is 1.30 bits per heavy atom. The second-order valence-electron chi connectivity index (χ2n) is 6.39. The van der Waals surface area contributed by atoms with Gasteiger partial charge in [0.1, 0.15) is 6.33 Å². The zero-order valence-electron chi connectivity index (χ0n) is 15.1. The Hall–Kier alpha value is -2.61. The van der Waals surface area contributed by atoms with Crippen LogP contribution in [0.5, 0.6) is 0 Å². The van der Waals surface area contributed by atoms with E-state index in [9.17, 15) is 9.59 Å². The van der Waals surface area contributed by atoms with Gasteiger partial charge in [-0.05, 0) is 25.0 Å². The summed E-state index contributed by atoms with van der Waals surface area (Å²) < 4.78 is 1.81. The average molecular weight is 385 g/mol. The zero-order chi connectivity index (χ0) is 19.1. The Kier molecular flexibility index (Phi) is 6.64. The number of thioether (sulfide) groups is 1. The molecule has 8 heteroatoms. The molecule has 0 unspecified atom stereocenters. The first kappa shape index (κ1) is 19.2. The van der Waals surface area contributed by atoms with E-state index >= 15 is 0 Å². The van der Waals surface area contributed by atoms with E-state index in [0.717, 1.165) is 25.7 Å². The number of carbonyl (C=O) groups is 2. The van der Waals surface area contributed by atoms with Crippen molar-refractivity contribution >= 4 is 29.3 Å². The van der Waals surface area contributed by atoms with E-state index in [4.69, 9.17) is 0 Å². The number of para-hydroxylation sites is 1. The molecule has 7 nitrogen and oxygen atoms in total. The summed E-state index contributed by atoms with van der Waals surface area (Å²) in [6, 6.07) is 7.30. The summed E-state index contributed by atoms with van der Waals surface area (Å²) in [5.41, 5.74) is 1.00. The summed E-state index contributed by atoms with van der Waals surface area (Å²) in [6.07, 6.45) is 7.68. The minimum Gasteiger partial charge on any atom is -0.349 e. The fraction of sp³-hybridized carbons (Fsp3) is 0.368. The zero-order valence-corrected chi connectivity index (χ0v) is 15.9. The van der Waals surface area contributed by atoms with Crippen molar-refractivity contribution in [2.45, 2.75) is 43.4 Å². The third kappa shape index (κ3) is 5.19. The Bertz CT molecular complexity index is 814. The Balaban J connectivity index is 1.59. The molecule has 0 spiro atoms. The number of benzene rings is 1. The van der Waals surface area contributed by atoms with Gasteiger partial charge in [0, 0.05) is 12.6 Å². The molecule has 0 atom stereocenters. The minimum absolute atomic E-state index is 0.142. The normalized spacial score (nSPS) is 14.1. The molecule has 1 aliphatic carbocycles. The number of aromatic nitrogens is 3. The number of hydrogen-bond acceptors (Lipinski definition) is 5. The number of hydrogen-bond donors (Lipinski definition) is 2. The quantitative estimate of drug-likeness (QED) is 0.539. The third-order valence-electron chi connectivity index (χ3n) is 4.37. The van der Waals surface area contributed by atoms with Gasteiger partial charge in [-0.1, -0.05) is 42.8 Å². The molecule has 0 aliphatic heterocycles. The molecule has 1 aromatic carbocycles. The molecule has 1 saturated carbocycles. The maximum atomic E-state index is 12.6. The predicted molar refractivity (Wildman–Crippen MR) is 106 cm³/mol. The van der Waals surface area contributed by atoms with Crippen LogP contribution in [0.25, 0.3) is 0 Å². The number of carbonyl (C=O) groups excluding carboxylic acids is 2. The molecule has 0 bridgehead atoms. The van der Waals surface area contributed by atoms with Crippen molar-refractivity contribution in [1.82, 2.24) is 20.1 Å². The van der Waals surface area contributed by atoms with E-state index in [1.54, 1.807) is 36.7 Å². The molecule has 1 aliphatic rings. The van der Waals surface area contributed by atoms with Gasteiger partial charge in [-0.25, -0.2) is 0 Å². The van der Waals surface area contributed by atoms with Gasteiger partial charge in [-0.15, -0.1) is 16.8 Å². The lowest BCUT2D eigenvalue weighted by atomic mass is 10.1. The van der Waals surface area contributed by atoms with Crippen LogP contribution in [0, 0.1) is 0 Å². The second-order valence-corrected chi connectivity index (χ2v) is 7.33. The molecule has 1 fully saturated rings. The second kappa shape index (κ2) is 9.36. The van der Waals surface area contributed by atoms with Crippen LogP contribution in [0.1, 0.15) is 36.0 Å². The molecule has 1 aromatic heterocycles. The Morgan fingerprint density at radius 3 is 2.85 bits per heavy atom. The molecule has 0 radical (unpaired) electrons. The first-order chi connectivity index (χ1) is 13.2. The minimum atomic E-state index is -0.200. The van der Waals surface area contributed by atoms with Crippen LogP contribution < -0.4 is 10.6 Å². The average Bonchev–Trinajstić information content (AvgIpc) is 3.33. The first-order valence-corrected chi connectivity index (χ1v) is 9.97. The highest BCUT2D eigenvalue weighted by atomic mass is 32.2. The summed E-state index contributed by atoms with van der Waals surface area (Å²) in [6.45, 7) is 4.27. The number of allylic oxidation sites excluding steroid dienone is 1. The Labute approximate surface area is 162 Å². The van der Waals surface area contributed by atoms with Crippen LogP contribution >= 0.6 is 11.8 Å². The van der Waals surface area contributed by atoms with Gasteiger partial charge in [-0.2, -0.15) is 0 Å². The fourth-order valence-electron chi connectivity index (χ4n) is 3.06. The van der Waals surface area contributed by atoms with Gasteiger partial charge in [0.05, 0.1) is 17.0 Å². The smallest absolute Gasteiger partial charge is 0.253 e. The van der Waals surface area contributed by atoms with Crippen LogP contribution in [0.4, 0.5) is 5.69 Å². The highest BCUT2D eigenvalue weighted by Gasteiger charge is 2.20. The van der Waals surface area contributed by atoms with E-state index in [1.807, 2.05) is 4.57 Å². The van der Waals surface area contributed by atoms with Crippen molar-refractivity contribution in [2.75, 3.05) is 11.1 Å². The van der Waals surface area contributed by atoms with Crippen LogP contribution in [0.15, 0.2) is 48.4 Å². The van der Waals surface area contributed by atoms with Gasteiger partial charge in [0.2, 0.25) is 5.91 Å². The lowest BCUT2D eigenvalue weighted by Crippen LogP contribution is -2.33. The van der Waals surface area contributed by atoms with E-state index in [2.05, 4.69) is 27.4 Å². The predicted octanol–water partition coefficient (Wildman–Crippen LogP) is 2.87. The lowest BCUT2D eigenvalue weighted by molar-refractivity contribution is -0.113. The number of nitrogens with zero attached hydrogens (tertiary/aromatic N) is 3. The maximum Gasteiger partial charge on any atom is 0.253 e. The maximum absolute atomic E-state index is 12.6. The van der Waals surface area contributed by atoms with E-state index in [0.29, 0.717) is 23.0 Å². The monoisotopic (exact) mass is 385 g/mol. The number of amides is 2. The van der Waals surface area contributed by atoms with Crippen LogP contribution in [-0.4, -0.2) is 38.4 Å². The molecule has 2 N–H and O–H groups in total. The van der Waals surface area contributed by atoms with Crippen molar-refractivity contribution in [1.29, 1.82) is 0 Å². The molecule has 27 heavy (non-hydrogen) atoms. The molecule has 2 amide bonds. The molecule has 3 rings (SSSR count). The van der Waals surface area contributed by atoms with Gasteiger partial charge >= 0.3 is 0 Å². The third-order valence-corrected chi connectivity index (χ3v) is 5.36. The van der Waals surface area contributed by atoms with E-state index in [1.165, 1.54) is 11.8 Å². The highest BCUT2D eigenvalue weighted by molar-refractivity contribution is 7.99. The summed E-state index contributed by atoms with van der Waals surface area (Å²) in [5, 5.41) is 14.4. The fourth-order valence-corrected chi connectivity index (χ4v) is 3.79. The van der Waals surface area contributed by atoms with Crippen LogP contribution in [0.2, 0.25) is 0 Å². The standard InChI is InChI=1S/C19H23N5O2S/c1-2-11-24-13-20-23-19(24)27-12-17(25)22-16-10-6-5-9-15(16)18(26)21-14-7-3-4-8-14/h2,5-6,9-10,13-14H,1,3-4,7-8,11-12H2,(H,21,26)(H,22,25). The van der Waals surface area contributed by atoms with Gasteiger partial charge in [-0.3, -0.25) is 9.59 Å². The van der Waals surface area contributed by atoms with E-state index in [-0.39, 0.29) is 23.6 Å². The highest BCUT2D eigenvalue weighted by Crippen LogP contribution is 2.21. The molecule has 142 valence electrons. The SMILES string of the molecule is C=CCn1cnnc1SCC(=O)Nc1ccccc1C(=O)NC1CCCC1. The number of anilines is 1. The summed E-state index contributed by atoms with van der Waals surface area (Å²) >= 11 is 1.29. The Morgan fingerprint density at radius 2 is 2.07 bits per heavy atom. The molecule has 0 saturated heterocycles. The van der Waals surface area contributed by atoms with Gasteiger partial charge < -0.3 is 15.2 Å². The first-order valence-electron chi connectivity index (χ1n) is 8.98. The van der Waals surface area contributed by atoms with E-state index < -0.39 is 0 Å².